The summed E-state index contributed by atoms with van der Waals surface area (Å²) in [4.78, 5) is 25.2. The molecule has 0 aliphatic rings. The predicted molar refractivity (Wildman–Crippen MR) is 73.0 cm³/mol. The molecular formula is C12H13N2NaO6S. The molecule has 1 rings (SSSR count). The third-order valence-corrected chi connectivity index (χ3v) is 3.11. The molecule has 2 N–H and O–H groups in total. The van der Waals surface area contributed by atoms with Crippen LogP contribution in [-0.2, 0) is 19.7 Å². The average molecular weight is 336 g/mol. The van der Waals surface area contributed by atoms with Crippen LogP contribution in [0.15, 0.2) is 28.1 Å². The van der Waals surface area contributed by atoms with Gasteiger partial charge >= 0.3 is 29.6 Å². The first kappa shape index (κ1) is 20.7. The van der Waals surface area contributed by atoms with E-state index in [9.17, 15) is 23.1 Å². The zero-order valence-corrected chi connectivity index (χ0v) is 15.1. The maximum atomic E-state index is 11.5. The van der Waals surface area contributed by atoms with Gasteiger partial charge in [-0.15, -0.1) is 0 Å². The summed E-state index contributed by atoms with van der Waals surface area (Å²) in [5.41, 5.74) is -0.189. The smallest absolute Gasteiger partial charge is 0.862 e. The van der Waals surface area contributed by atoms with Gasteiger partial charge in [0.1, 0.15) is 10.7 Å². The van der Waals surface area contributed by atoms with E-state index in [0.717, 1.165) is 6.07 Å². The Bertz CT molecular complexity index is 710. The van der Waals surface area contributed by atoms with Crippen molar-refractivity contribution in [2.24, 2.45) is 4.99 Å². The number of nitrogens with zero attached hydrogens (tertiary/aromatic N) is 1. The van der Waals surface area contributed by atoms with Crippen LogP contribution in [-0.4, -0.2) is 30.6 Å². The first-order valence-electron chi connectivity index (χ1n) is 5.72. The molecule has 1 aromatic carbocycles. The first-order valence-corrected chi connectivity index (χ1v) is 7.16. The fourth-order valence-electron chi connectivity index (χ4n) is 1.50. The van der Waals surface area contributed by atoms with Gasteiger partial charge in [0, 0.05) is 0 Å². The first-order chi connectivity index (χ1) is 9.59. The minimum absolute atomic E-state index is 0. The fourth-order valence-corrected chi connectivity index (χ4v) is 2.17. The molecule has 0 aromatic heterocycles. The van der Waals surface area contributed by atoms with Crippen molar-refractivity contribution >= 4 is 39.1 Å². The Balaban J connectivity index is 0.00000441. The summed E-state index contributed by atoms with van der Waals surface area (Å²) in [6, 6.07) is 3.41. The number of anilines is 1. The van der Waals surface area contributed by atoms with Gasteiger partial charge in [-0.05, 0) is 37.9 Å². The van der Waals surface area contributed by atoms with Crippen LogP contribution in [0.4, 0.5) is 11.4 Å². The van der Waals surface area contributed by atoms with Crippen molar-refractivity contribution < 1.29 is 57.2 Å². The normalized spacial score (nSPS) is 11.5. The molecule has 22 heavy (non-hydrogen) atoms. The SMILES string of the molecule is CC(=O)CC(=O)Nc1ccc(N=C(C)[O-])cc1S(=O)(=O)O.[Na+]. The van der Waals surface area contributed by atoms with E-state index < -0.39 is 39.0 Å². The predicted octanol–water partition coefficient (Wildman–Crippen LogP) is -2.73. The van der Waals surface area contributed by atoms with E-state index >= 15 is 0 Å². The zero-order valence-electron chi connectivity index (χ0n) is 12.3. The monoisotopic (exact) mass is 336 g/mol. The van der Waals surface area contributed by atoms with E-state index in [1.54, 1.807) is 0 Å². The molecule has 0 aliphatic carbocycles. The molecule has 0 saturated carbocycles. The largest absolute Gasteiger partial charge is 1.00 e. The minimum atomic E-state index is -4.64. The summed E-state index contributed by atoms with van der Waals surface area (Å²) in [7, 11) is -4.64. The standard InChI is InChI=1S/C12H14N2O6S.Na/c1-7(15)5-12(17)14-10-4-3-9(13-8(2)16)6-11(10)21(18,19)20;/h3-4,6H,5H2,1-2H3,(H,13,16)(H,14,17)(H,18,19,20);/q;+1/p-1. The Morgan fingerprint density at radius 2 is 1.91 bits per heavy atom. The number of aliphatic imine (C=N–C) groups is 1. The zero-order chi connectivity index (χ0) is 16.2. The van der Waals surface area contributed by atoms with Crippen LogP contribution in [0, 0.1) is 0 Å². The Hall–Kier alpha value is -1.26. The number of hydrogen-bond donors (Lipinski definition) is 2. The molecule has 10 heteroatoms. The minimum Gasteiger partial charge on any atom is -0.862 e. The quantitative estimate of drug-likeness (QED) is 0.197. The van der Waals surface area contributed by atoms with Crippen molar-refractivity contribution in [2.45, 2.75) is 25.2 Å². The number of nitrogens with one attached hydrogen (secondary N) is 1. The van der Waals surface area contributed by atoms with Gasteiger partial charge in [-0.1, -0.05) is 0 Å². The molecule has 0 atom stereocenters. The van der Waals surface area contributed by atoms with Crippen LogP contribution in [0.5, 0.6) is 0 Å². The van der Waals surface area contributed by atoms with Crippen LogP contribution in [0.1, 0.15) is 20.3 Å². The van der Waals surface area contributed by atoms with Crippen molar-refractivity contribution in [1.82, 2.24) is 0 Å². The molecule has 1 amide bonds. The van der Waals surface area contributed by atoms with Gasteiger partial charge in [-0.3, -0.25) is 19.1 Å². The van der Waals surface area contributed by atoms with Gasteiger partial charge in [-0.2, -0.15) is 8.42 Å². The Labute approximate surface area is 149 Å². The van der Waals surface area contributed by atoms with Crippen LogP contribution in [0.2, 0.25) is 0 Å². The van der Waals surface area contributed by atoms with Crippen LogP contribution in [0.3, 0.4) is 0 Å². The maximum absolute atomic E-state index is 11.5. The van der Waals surface area contributed by atoms with Crippen molar-refractivity contribution in [3.63, 3.8) is 0 Å². The van der Waals surface area contributed by atoms with Gasteiger partial charge in [0.25, 0.3) is 10.1 Å². The van der Waals surface area contributed by atoms with E-state index in [1.165, 1.54) is 26.0 Å². The Morgan fingerprint density at radius 1 is 1.32 bits per heavy atom. The van der Waals surface area contributed by atoms with Crippen LogP contribution in [0.25, 0.3) is 0 Å². The summed E-state index contributed by atoms with van der Waals surface area (Å²) < 4.78 is 31.8. The summed E-state index contributed by atoms with van der Waals surface area (Å²) in [6.07, 6.45) is -0.426. The van der Waals surface area contributed by atoms with Gasteiger partial charge in [0.2, 0.25) is 5.91 Å². The molecule has 8 nitrogen and oxygen atoms in total. The molecule has 0 unspecified atom stereocenters. The van der Waals surface area contributed by atoms with E-state index in [1.807, 2.05) is 0 Å². The van der Waals surface area contributed by atoms with Crippen molar-refractivity contribution in [1.29, 1.82) is 0 Å². The molecular weight excluding hydrogens is 323 g/mol. The van der Waals surface area contributed by atoms with Crippen molar-refractivity contribution in [3.8, 4) is 0 Å². The summed E-state index contributed by atoms with van der Waals surface area (Å²) in [5.74, 6) is -1.67. The topological polar surface area (TPSA) is 136 Å². The number of ketones is 1. The van der Waals surface area contributed by atoms with E-state index in [0.29, 0.717) is 0 Å². The second-order valence-corrected chi connectivity index (χ2v) is 5.60. The van der Waals surface area contributed by atoms with Gasteiger partial charge in [0.05, 0.1) is 17.8 Å². The number of hydrogen-bond acceptors (Lipinski definition) is 6. The van der Waals surface area contributed by atoms with Crippen molar-refractivity contribution in [3.05, 3.63) is 18.2 Å². The number of Topliss-reactive ketones (excluding diaryl/α,β-unsaturated/α-hetero) is 1. The van der Waals surface area contributed by atoms with Crippen LogP contribution >= 0.6 is 0 Å². The second kappa shape index (κ2) is 8.39. The number of benzene rings is 1. The summed E-state index contributed by atoms with van der Waals surface area (Å²) >= 11 is 0. The molecule has 0 saturated heterocycles. The second-order valence-electron chi connectivity index (χ2n) is 4.21. The van der Waals surface area contributed by atoms with E-state index in [4.69, 9.17) is 4.55 Å². The molecule has 0 aliphatic heterocycles. The number of rotatable bonds is 5. The van der Waals surface area contributed by atoms with Gasteiger partial charge in [-0.25, -0.2) is 0 Å². The van der Waals surface area contributed by atoms with E-state index in [2.05, 4.69) is 10.3 Å². The maximum Gasteiger partial charge on any atom is 1.00 e. The fraction of sp³-hybridized carbons (Fsp3) is 0.250. The van der Waals surface area contributed by atoms with Gasteiger partial charge in [0.15, 0.2) is 0 Å². The summed E-state index contributed by atoms with van der Waals surface area (Å²) in [6.45, 7) is 2.38. The number of carbonyl (C=O) groups excluding carboxylic acids is 2. The number of carbonyl (C=O) groups is 2. The van der Waals surface area contributed by atoms with Crippen molar-refractivity contribution in [2.75, 3.05) is 5.32 Å². The number of amides is 1. The van der Waals surface area contributed by atoms with Gasteiger partial charge < -0.3 is 10.4 Å². The Kier molecular flexibility index (Phi) is 7.91. The Morgan fingerprint density at radius 3 is 2.36 bits per heavy atom. The third-order valence-electron chi connectivity index (χ3n) is 2.21. The van der Waals surface area contributed by atoms with Crippen LogP contribution < -0.4 is 40.0 Å². The summed E-state index contributed by atoms with van der Waals surface area (Å²) in [5, 5.41) is 13.1. The molecule has 114 valence electrons. The third kappa shape index (κ3) is 6.67. The molecule has 0 heterocycles. The molecule has 0 radical (unpaired) electrons. The molecule has 1 aromatic rings. The van der Waals surface area contributed by atoms with E-state index in [-0.39, 0.29) is 40.9 Å². The molecule has 0 fully saturated rings. The molecule has 0 bridgehead atoms. The average Bonchev–Trinajstić information content (AvgIpc) is 2.27. The molecule has 0 spiro atoms.